The van der Waals surface area contributed by atoms with Crippen LogP contribution in [0.15, 0.2) is 78.3 Å². The number of aliphatic imine (C=N–C) groups is 1. The van der Waals surface area contributed by atoms with E-state index in [2.05, 4.69) is 62.5 Å². The highest BCUT2D eigenvalue weighted by molar-refractivity contribution is 8.76. The zero-order valence-corrected chi connectivity index (χ0v) is 47.5. The number of H-pyrrole nitrogens is 2. The fourth-order valence-electron chi connectivity index (χ4n) is 9.13. The van der Waals surface area contributed by atoms with Gasteiger partial charge in [0, 0.05) is 66.3 Å². The quantitative estimate of drug-likeness (QED) is 0.0212. The van der Waals surface area contributed by atoms with Crippen LogP contribution in [0.2, 0.25) is 0 Å². The molecule has 2 aromatic carbocycles. The van der Waals surface area contributed by atoms with Gasteiger partial charge in [-0.25, -0.2) is 14.7 Å². The Hall–Kier alpha value is -7.94. The molecule has 0 radical (unpaired) electrons. The second kappa shape index (κ2) is 30.0. The molecule has 27 heteroatoms. The van der Waals surface area contributed by atoms with E-state index in [9.17, 15) is 47.9 Å². The highest BCUT2D eigenvalue weighted by Crippen LogP contribution is 2.26. The van der Waals surface area contributed by atoms with Crippen LogP contribution in [-0.2, 0) is 62.4 Å². The molecular formula is C54H73N15O10S2. The molecule has 0 spiro atoms. The monoisotopic (exact) mass is 1160 g/mol. The van der Waals surface area contributed by atoms with Crippen molar-refractivity contribution in [3.05, 3.63) is 90.1 Å². The van der Waals surface area contributed by atoms with Crippen molar-refractivity contribution in [2.24, 2.45) is 22.4 Å². The Balaban J connectivity index is 1.38. The zero-order chi connectivity index (χ0) is 58.8. The predicted octanol–water partition coefficient (Wildman–Crippen LogP) is 0.505. The number of Topliss-reactive ketones (excluding diaryl/α,β-unsaturated/α-hetero) is 1. The third-order valence-electron chi connectivity index (χ3n) is 13.7. The van der Waals surface area contributed by atoms with Crippen molar-refractivity contribution in [2.45, 2.75) is 140 Å². The number of hydrogen-bond acceptors (Lipinski definition) is 14. The number of carbonyl (C=O) groups excluding carboxylic acids is 10. The molecule has 2 aromatic heterocycles. The van der Waals surface area contributed by atoms with E-state index in [1.165, 1.54) is 26.4 Å². The number of aromatic amines is 2. The Labute approximate surface area is 476 Å². The molecule has 436 valence electrons. The topological polar surface area (TPSA) is 379 Å². The van der Waals surface area contributed by atoms with E-state index in [4.69, 9.17) is 11.5 Å². The van der Waals surface area contributed by atoms with Crippen LogP contribution < -0.4 is 54.0 Å². The van der Waals surface area contributed by atoms with Gasteiger partial charge in [-0.2, -0.15) is 0 Å². The van der Waals surface area contributed by atoms with Gasteiger partial charge in [0.1, 0.15) is 48.3 Å². The van der Waals surface area contributed by atoms with Crippen molar-refractivity contribution in [2.75, 3.05) is 18.1 Å². The summed E-state index contributed by atoms with van der Waals surface area (Å²) in [5, 5.41) is 22.6. The normalized spacial score (nSPS) is 23.5. The highest BCUT2D eigenvalue weighted by atomic mass is 33.1. The summed E-state index contributed by atoms with van der Waals surface area (Å²) in [6.07, 6.45) is 5.46. The van der Waals surface area contributed by atoms with Gasteiger partial charge in [0.25, 0.3) is 5.91 Å². The molecule has 81 heavy (non-hydrogen) atoms. The molecule has 2 saturated heterocycles. The number of rotatable bonds is 18. The number of para-hydroxylation sites is 1. The minimum atomic E-state index is -1.42. The number of nitrogens with zero attached hydrogens (tertiary/aromatic N) is 3. The number of urea groups is 1. The molecule has 9 atom stereocenters. The van der Waals surface area contributed by atoms with E-state index in [1.54, 1.807) is 50.4 Å². The van der Waals surface area contributed by atoms with Crippen molar-refractivity contribution in [3.63, 3.8) is 0 Å². The molecule has 2 fully saturated rings. The van der Waals surface area contributed by atoms with Crippen LogP contribution in [0.1, 0.15) is 83.5 Å². The van der Waals surface area contributed by atoms with Crippen LogP contribution in [0.5, 0.6) is 0 Å². The van der Waals surface area contributed by atoms with Gasteiger partial charge in [-0.1, -0.05) is 104 Å². The number of nitrogens with one attached hydrogen (secondary N) is 10. The fourth-order valence-corrected chi connectivity index (χ4v) is 11.5. The number of unbranched alkanes of at least 4 members (excludes halogenated alkanes) is 1. The third kappa shape index (κ3) is 17.8. The highest BCUT2D eigenvalue weighted by Gasteiger charge is 2.46. The van der Waals surface area contributed by atoms with Gasteiger partial charge in [0.05, 0.1) is 12.4 Å². The number of aromatic nitrogens is 3. The minimum Gasteiger partial charge on any atom is -0.370 e. The average molecular weight is 1160 g/mol. The summed E-state index contributed by atoms with van der Waals surface area (Å²) < 4.78 is 0. The number of imide groups is 1. The van der Waals surface area contributed by atoms with Crippen LogP contribution in [0.25, 0.3) is 10.9 Å². The molecule has 0 bridgehead atoms. The molecular weight excluding hydrogens is 1080 g/mol. The molecule has 10 amide bonds. The van der Waals surface area contributed by atoms with Crippen molar-refractivity contribution in [1.29, 1.82) is 0 Å². The fraction of sp³-hybridized carbons (Fsp3) is 0.481. The molecule has 25 nitrogen and oxygen atoms in total. The van der Waals surface area contributed by atoms with Crippen molar-refractivity contribution >= 4 is 97.5 Å². The number of carbonyl (C=O) groups is 10. The lowest BCUT2D eigenvalue weighted by atomic mass is 10.0. The second-order valence-electron chi connectivity index (χ2n) is 20.3. The van der Waals surface area contributed by atoms with Crippen LogP contribution in [0.3, 0.4) is 0 Å². The summed E-state index contributed by atoms with van der Waals surface area (Å²) >= 11 is 0. The first-order chi connectivity index (χ1) is 38.7. The lowest BCUT2D eigenvalue weighted by Crippen LogP contribution is -2.61. The molecule has 6 rings (SSSR count). The minimum absolute atomic E-state index is 0.0427. The first-order valence-corrected chi connectivity index (χ1v) is 29.4. The van der Waals surface area contributed by atoms with Gasteiger partial charge in [0.2, 0.25) is 41.4 Å². The number of hydrogen-bond donors (Lipinski definition) is 12. The number of nitrogens with two attached hydrogens (primary N) is 2. The first-order valence-electron chi connectivity index (χ1n) is 26.9. The van der Waals surface area contributed by atoms with E-state index in [-0.39, 0.29) is 68.5 Å². The molecule has 4 aromatic rings. The summed E-state index contributed by atoms with van der Waals surface area (Å²) in [6.45, 7) is 8.10. The van der Waals surface area contributed by atoms with Crippen molar-refractivity contribution in [3.8, 4) is 0 Å². The standard InChI is InChI=1S/C54H73N15O10S2/c1-6-7-19-43(69-52(78)44(29(2)3)68-54(69)79)51(77)67-42-27-81-80-26-41(31(5)70)66-48(74)39(22-33-24-59-36-17-12-11-16-35(33)36)65-46(72)37(18-13-20-58-53(55)56)62-47(73)38(21-32-14-9-8-10-15-32)64-49(75)40(23-34-25-57-28-60-34)63-45(71)30(4)61-50(42)76/h8-12,14-17,24-25,28-30,37-44,59H,6-7,13,18-23,26-27H2,1-5H3,(H,57,60)(H,61,76)(H,62,73)(H,63,71)(H,64,75)(H,65,72)(H,66,74)(H,67,77)(H,68,79)(H4,55,56,58)/t30-,37+,38-,39+,40+,41+,42+,43+,44+/m1/s1. The van der Waals surface area contributed by atoms with E-state index >= 15 is 0 Å². The van der Waals surface area contributed by atoms with Crippen LogP contribution >= 0.6 is 21.6 Å². The lowest BCUT2D eigenvalue weighted by molar-refractivity contribution is -0.138. The van der Waals surface area contributed by atoms with Gasteiger partial charge in [-0.15, -0.1) is 0 Å². The lowest BCUT2D eigenvalue weighted by Gasteiger charge is -2.28. The SMILES string of the molecule is CCCC[C@@H](C(=O)N[C@H]1CSSC[C@@H](C(C)=O)NC(=O)[C@H](Cc2c[nH]c3ccccc23)NC(=O)[C@H](CCCN=C(N)N)NC(=O)[C@@H](Cc2ccccc2)NC(=O)[C@H](Cc2cnc[nH]2)NC(=O)[C@@H](C)NC1=O)N1C(=O)N[C@@H](C(C)C)C1=O. The summed E-state index contributed by atoms with van der Waals surface area (Å²) in [7, 11) is 2.13. The maximum atomic E-state index is 14.7. The first kappa shape index (κ1) is 62.3. The largest absolute Gasteiger partial charge is 0.370 e. The second-order valence-corrected chi connectivity index (χ2v) is 22.8. The number of imidazole rings is 1. The summed E-state index contributed by atoms with van der Waals surface area (Å²) in [6, 6.07) is 3.73. The van der Waals surface area contributed by atoms with E-state index in [1.807, 2.05) is 31.2 Å². The van der Waals surface area contributed by atoms with Crippen molar-refractivity contribution in [1.82, 2.24) is 62.4 Å². The Morgan fingerprint density at radius 2 is 1.37 bits per heavy atom. The van der Waals surface area contributed by atoms with Crippen LogP contribution in [-0.4, -0.2) is 157 Å². The molecule has 0 aliphatic carbocycles. The van der Waals surface area contributed by atoms with Gasteiger partial charge in [0.15, 0.2) is 11.7 Å². The Bertz CT molecular complexity index is 2900. The van der Waals surface area contributed by atoms with Gasteiger partial charge < -0.3 is 64.0 Å². The van der Waals surface area contributed by atoms with Gasteiger partial charge >= 0.3 is 6.03 Å². The van der Waals surface area contributed by atoms with E-state index in [0.29, 0.717) is 29.7 Å². The number of ketones is 1. The number of fused-ring (bicyclic) bond motifs is 1. The summed E-state index contributed by atoms with van der Waals surface area (Å²) in [4.78, 5) is 157. The molecule has 0 unspecified atom stereocenters. The summed E-state index contributed by atoms with van der Waals surface area (Å²) in [5.74, 6) is -7.43. The molecule has 4 heterocycles. The van der Waals surface area contributed by atoms with Crippen LogP contribution in [0, 0.1) is 5.92 Å². The van der Waals surface area contributed by atoms with Gasteiger partial charge in [-0.3, -0.25) is 48.1 Å². The Kier molecular flexibility index (Phi) is 23.1. The number of guanidine groups is 1. The van der Waals surface area contributed by atoms with Crippen molar-refractivity contribution < 1.29 is 47.9 Å². The third-order valence-corrected chi connectivity index (χ3v) is 16.1. The molecule has 2 aliphatic rings. The molecule has 14 N–H and O–H groups in total. The molecule has 2 aliphatic heterocycles. The van der Waals surface area contributed by atoms with Gasteiger partial charge in [-0.05, 0) is 56.2 Å². The number of benzene rings is 2. The van der Waals surface area contributed by atoms with E-state index < -0.39 is 113 Å². The number of amides is 10. The van der Waals surface area contributed by atoms with Crippen LogP contribution in [0.4, 0.5) is 4.79 Å². The summed E-state index contributed by atoms with van der Waals surface area (Å²) in [5.41, 5.74) is 13.7. The maximum absolute atomic E-state index is 14.7. The van der Waals surface area contributed by atoms with E-state index in [0.717, 1.165) is 37.4 Å². The Morgan fingerprint density at radius 1 is 0.741 bits per heavy atom. The Morgan fingerprint density at radius 3 is 2.02 bits per heavy atom. The zero-order valence-electron chi connectivity index (χ0n) is 45.9. The predicted molar refractivity (Wildman–Crippen MR) is 306 cm³/mol. The molecule has 0 saturated carbocycles. The average Bonchev–Trinajstić information content (AvgIpc) is 4.31. The smallest absolute Gasteiger partial charge is 0.325 e. The maximum Gasteiger partial charge on any atom is 0.325 e.